The van der Waals surface area contributed by atoms with E-state index in [-0.39, 0.29) is 12.6 Å². The first-order chi connectivity index (χ1) is 7.48. The number of rotatable bonds is 1. The van der Waals surface area contributed by atoms with Gasteiger partial charge in [-0.2, -0.15) is 13.2 Å². The van der Waals surface area contributed by atoms with Crippen LogP contribution in [0, 0.1) is 0 Å². The van der Waals surface area contributed by atoms with Gasteiger partial charge in [0, 0.05) is 12.6 Å². The molecule has 1 heterocycles. The molecule has 0 unspecified atom stereocenters. The van der Waals surface area contributed by atoms with Crippen molar-refractivity contribution in [2.75, 3.05) is 6.54 Å². The molecule has 6 heteroatoms. The predicted octanol–water partition coefficient (Wildman–Crippen LogP) is 3.58. The van der Waals surface area contributed by atoms with E-state index in [0.29, 0.717) is 4.32 Å². The quantitative estimate of drug-likeness (QED) is 0.670. The maximum absolute atomic E-state index is 12.6. The van der Waals surface area contributed by atoms with E-state index >= 15 is 0 Å². The minimum atomic E-state index is -4.13. The second kappa shape index (κ2) is 4.72. The van der Waals surface area contributed by atoms with Gasteiger partial charge in [-0.25, -0.2) is 0 Å². The molecular formula is C10H14F3NS2. The fourth-order valence-electron chi connectivity index (χ4n) is 2.34. The van der Waals surface area contributed by atoms with Gasteiger partial charge >= 0.3 is 6.18 Å². The molecule has 16 heavy (non-hydrogen) atoms. The Bertz CT molecular complexity index is 274. The number of thiocarbonyl (C=S) groups is 1. The molecule has 0 bridgehead atoms. The molecule has 0 N–H and O–H groups in total. The summed E-state index contributed by atoms with van der Waals surface area (Å²) in [5, 5.41) is -1.32. The molecule has 1 saturated heterocycles. The summed E-state index contributed by atoms with van der Waals surface area (Å²) < 4.78 is 38.1. The van der Waals surface area contributed by atoms with Crippen molar-refractivity contribution in [1.29, 1.82) is 0 Å². The van der Waals surface area contributed by atoms with Gasteiger partial charge in [0.2, 0.25) is 0 Å². The summed E-state index contributed by atoms with van der Waals surface area (Å²) in [5.74, 6) is 0. The third-order valence-electron chi connectivity index (χ3n) is 3.22. The SMILES string of the molecule is FC(F)(F)[C@H]1CN(C2CCCCC2)C(=S)S1. The molecule has 92 valence electrons. The van der Waals surface area contributed by atoms with Crippen molar-refractivity contribution in [3.63, 3.8) is 0 Å². The maximum atomic E-state index is 12.6. The standard InChI is InChI=1S/C10H14F3NS2/c11-10(12,13)8-6-14(9(15)16-8)7-4-2-1-3-5-7/h7-8H,1-6H2/t8-/m1/s1. The molecule has 1 nitrogen and oxygen atoms in total. The van der Waals surface area contributed by atoms with Crippen molar-refractivity contribution in [1.82, 2.24) is 4.90 Å². The van der Waals surface area contributed by atoms with E-state index in [0.717, 1.165) is 37.4 Å². The largest absolute Gasteiger partial charge is 0.402 e. The first kappa shape index (κ1) is 12.5. The number of hydrogen-bond donors (Lipinski definition) is 0. The van der Waals surface area contributed by atoms with Crippen molar-refractivity contribution in [2.45, 2.75) is 49.6 Å². The summed E-state index contributed by atoms with van der Waals surface area (Å²) in [6.45, 7) is 0.0532. The molecule has 2 rings (SSSR count). The average molecular weight is 269 g/mol. The number of alkyl halides is 3. The molecule has 2 aliphatic rings. The lowest BCUT2D eigenvalue weighted by Crippen LogP contribution is -2.39. The highest BCUT2D eigenvalue weighted by Crippen LogP contribution is 2.40. The molecule has 1 atom stereocenters. The Labute approximate surface area is 103 Å². The summed E-state index contributed by atoms with van der Waals surface area (Å²) in [6, 6.07) is 0.251. The average Bonchev–Trinajstić information content (AvgIpc) is 2.61. The molecular weight excluding hydrogens is 255 g/mol. The monoisotopic (exact) mass is 269 g/mol. The zero-order valence-electron chi connectivity index (χ0n) is 8.79. The molecule has 1 aliphatic carbocycles. The Kier molecular flexibility index (Phi) is 3.69. The zero-order chi connectivity index (χ0) is 11.8. The molecule has 0 spiro atoms. The molecule has 1 saturated carbocycles. The summed E-state index contributed by atoms with van der Waals surface area (Å²) >= 11 is 5.86. The third kappa shape index (κ3) is 2.64. The summed E-state index contributed by atoms with van der Waals surface area (Å²) in [5.41, 5.74) is 0. The highest BCUT2D eigenvalue weighted by Gasteiger charge is 2.47. The van der Waals surface area contributed by atoms with Crippen LogP contribution in [0.1, 0.15) is 32.1 Å². The lowest BCUT2D eigenvalue weighted by molar-refractivity contribution is -0.129. The first-order valence-corrected chi connectivity index (χ1v) is 6.81. The van der Waals surface area contributed by atoms with Crippen LogP contribution in [0.5, 0.6) is 0 Å². The predicted molar refractivity (Wildman–Crippen MR) is 63.6 cm³/mol. The van der Waals surface area contributed by atoms with Gasteiger partial charge in [-0.1, -0.05) is 43.2 Å². The van der Waals surface area contributed by atoms with Gasteiger partial charge in [-0.05, 0) is 12.8 Å². The lowest BCUT2D eigenvalue weighted by atomic mass is 9.94. The molecule has 2 fully saturated rings. The van der Waals surface area contributed by atoms with Crippen LogP contribution in [0.25, 0.3) is 0 Å². The van der Waals surface area contributed by atoms with E-state index in [1.165, 1.54) is 6.42 Å². The minimum absolute atomic E-state index is 0.0532. The lowest BCUT2D eigenvalue weighted by Gasteiger charge is -2.32. The third-order valence-corrected chi connectivity index (χ3v) is 4.88. The van der Waals surface area contributed by atoms with Crippen LogP contribution in [0.15, 0.2) is 0 Å². The second-order valence-electron chi connectivity index (χ2n) is 4.36. The van der Waals surface area contributed by atoms with Crippen molar-refractivity contribution >= 4 is 28.3 Å². The molecule has 0 aromatic rings. The van der Waals surface area contributed by atoms with E-state index in [9.17, 15) is 13.2 Å². The van der Waals surface area contributed by atoms with Gasteiger partial charge in [0.1, 0.15) is 9.57 Å². The van der Waals surface area contributed by atoms with E-state index in [1.807, 2.05) is 0 Å². The molecule has 0 amide bonds. The van der Waals surface area contributed by atoms with Crippen LogP contribution in [0.4, 0.5) is 13.2 Å². The van der Waals surface area contributed by atoms with Crippen molar-refractivity contribution in [3.05, 3.63) is 0 Å². The Morgan fingerprint density at radius 2 is 1.81 bits per heavy atom. The van der Waals surface area contributed by atoms with Crippen LogP contribution in [-0.2, 0) is 0 Å². The van der Waals surface area contributed by atoms with E-state index in [4.69, 9.17) is 12.2 Å². The van der Waals surface area contributed by atoms with Crippen LogP contribution in [-0.4, -0.2) is 33.2 Å². The van der Waals surface area contributed by atoms with Crippen LogP contribution < -0.4 is 0 Å². The van der Waals surface area contributed by atoms with Crippen LogP contribution in [0.2, 0.25) is 0 Å². The number of hydrogen-bond acceptors (Lipinski definition) is 2. The zero-order valence-corrected chi connectivity index (χ0v) is 10.4. The minimum Gasteiger partial charge on any atom is -0.353 e. The van der Waals surface area contributed by atoms with Crippen LogP contribution in [0.3, 0.4) is 0 Å². The number of halogens is 3. The second-order valence-corrected chi connectivity index (χ2v) is 6.19. The van der Waals surface area contributed by atoms with E-state index in [1.54, 1.807) is 4.90 Å². The van der Waals surface area contributed by atoms with E-state index in [2.05, 4.69) is 0 Å². The Balaban J connectivity index is 1.99. The summed E-state index contributed by atoms with van der Waals surface area (Å²) in [6.07, 6.45) is 1.29. The maximum Gasteiger partial charge on any atom is 0.402 e. The van der Waals surface area contributed by atoms with Gasteiger partial charge in [0.25, 0.3) is 0 Å². The van der Waals surface area contributed by atoms with Gasteiger partial charge in [-0.15, -0.1) is 0 Å². The fourth-order valence-corrected chi connectivity index (χ4v) is 3.88. The normalized spacial score (nSPS) is 28.8. The summed E-state index contributed by atoms with van der Waals surface area (Å²) in [7, 11) is 0. The first-order valence-electron chi connectivity index (χ1n) is 5.52. The highest BCUT2D eigenvalue weighted by molar-refractivity contribution is 8.23. The number of thioether (sulfide) groups is 1. The van der Waals surface area contributed by atoms with Gasteiger partial charge in [0.15, 0.2) is 0 Å². The molecule has 0 aromatic carbocycles. The number of nitrogens with zero attached hydrogens (tertiary/aromatic N) is 1. The van der Waals surface area contributed by atoms with Crippen LogP contribution >= 0.6 is 24.0 Å². The van der Waals surface area contributed by atoms with Crippen molar-refractivity contribution in [2.24, 2.45) is 0 Å². The molecule has 0 aromatic heterocycles. The van der Waals surface area contributed by atoms with Gasteiger partial charge in [-0.3, -0.25) is 0 Å². The molecule has 0 radical (unpaired) electrons. The highest BCUT2D eigenvalue weighted by atomic mass is 32.2. The Morgan fingerprint density at radius 1 is 1.19 bits per heavy atom. The topological polar surface area (TPSA) is 3.24 Å². The van der Waals surface area contributed by atoms with Gasteiger partial charge < -0.3 is 4.90 Å². The van der Waals surface area contributed by atoms with Crippen molar-refractivity contribution in [3.8, 4) is 0 Å². The Morgan fingerprint density at radius 3 is 2.31 bits per heavy atom. The van der Waals surface area contributed by atoms with E-state index < -0.39 is 11.4 Å². The van der Waals surface area contributed by atoms with Crippen molar-refractivity contribution < 1.29 is 13.2 Å². The smallest absolute Gasteiger partial charge is 0.353 e. The molecule has 1 aliphatic heterocycles. The Hall–Kier alpha value is 0.0300. The van der Waals surface area contributed by atoms with Gasteiger partial charge in [0.05, 0.1) is 0 Å². The summed E-state index contributed by atoms with van der Waals surface area (Å²) in [4.78, 5) is 1.80. The fraction of sp³-hybridized carbons (Fsp3) is 0.900.